The zero-order valence-electron chi connectivity index (χ0n) is 27.5. The minimum Gasteiger partial charge on any atom is -0.477 e. The summed E-state index contributed by atoms with van der Waals surface area (Å²) in [6.45, 7) is 14.5. The molecular weight excluding hydrogens is 678 g/mol. The molecule has 47 heavy (non-hydrogen) atoms. The second-order valence-electron chi connectivity index (χ2n) is 14.8. The van der Waals surface area contributed by atoms with Crippen molar-refractivity contribution in [1.82, 2.24) is 19.9 Å². The Kier molecular flexibility index (Phi) is 8.23. The van der Waals surface area contributed by atoms with Gasteiger partial charge in [0.25, 0.3) is 0 Å². The molecule has 6 atom stereocenters. The van der Waals surface area contributed by atoms with Gasteiger partial charge in [-0.05, 0) is 94.9 Å². The molecule has 244 valence electrons. The summed E-state index contributed by atoms with van der Waals surface area (Å²) in [6.07, 6.45) is 2.63. The van der Waals surface area contributed by atoms with E-state index in [-0.39, 0.29) is 30.9 Å². The second-order valence-corrected chi connectivity index (χ2v) is 14.8. The van der Waals surface area contributed by atoms with E-state index in [2.05, 4.69) is 89.0 Å². The predicted octanol–water partition coefficient (Wildman–Crippen LogP) is 8.17. The van der Waals surface area contributed by atoms with Crippen LogP contribution in [0.2, 0.25) is 0 Å². The fraction of sp³-hybridized carbons (Fsp3) is 0.421. The maximum atomic E-state index is 10.3. The van der Waals surface area contributed by atoms with Crippen LogP contribution in [0.5, 0.6) is 0 Å². The summed E-state index contributed by atoms with van der Waals surface area (Å²) < 4.78 is 0. The molecule has 2 saturated carbocycles. The van der Waals surface area contributed by atoms with Gasteiger partial charge in [0.2, 0.25) is 0 Å². The number of aromatic carboxylic acids is 2. The van der Waals surface area contributed by atoms with Crippen LogP contribution < -0.4 is 0 Å². The first kappa shape index (κ1) is 33.1. The SMILES string of the molecule is C[C@H]1c2nc(-c3cccc(-c4ccc5c(n4)[C@H](C)[C@H]4C[C@@H]5C4(C)C)n3)ccc2[C@@H]2C[C@H]1C2(C)C.O=C(O)c1cccc(C(=O)O)n1.[Ru]. The van der Waals surface area contributed by atoms with Gasteiger partial charge in [-0.15, -0.1) is 0 Å². The molecule has 2 N–H and O–H groups in total. The van der Waals surface area contributed by atoms with E-state index in [1.807, 2.05) is 0 Å². The maximum Gasteiger partial charge on any atom is 0.354 e. The van der Waals surface area contributed by atoms with Crippen LogP contribution in [0, 0.1) is 22.7 Å². The molecule has 4 bridgehead atoms. The van der Waals surface area contributed by atoms with Gasteiger partial charge >= 0.3 is 11.9 Å². The molecule has 4 aromatic rings. The number of aromatic nitrogens is 4. The zero-order chi connectivity index (χ0) is 32.7. The molecule has 0 radical (unpaired) electrons. The fourth-order valence-corrected chi connectivity index (χ4v) is 9.02. The van der Waals surface area contributed by atoms with Crippen molar-refractivity contribution < 1.29 is 39.3 Å². The van der Waals surface area contributed by atoms with Crippen molar-refractivity contribution in [1.29, 1.82) is 0 Å². The molecule has 4 heterocycles. The third-order valence-electron chi connectivity index (χ3n) is 11.9. The molecule has 0 aliphatic heterocycles. The van der Waals surface area contributed by atoms with Gasteiger partial charge < -0.3 is 10.2 Å². The Labute approximate surface area is 288 Å². The van der Waals surface area contributed by atoms with Gasteiger partial charge in [-0.3, -0.25) is 9.97 Å². The number of pyridine rings is 4. The molecule has 2 fully saturated rings. The van der Waals surface area contributed by atoms with Gasteiger partial charge in [-0.1, -0.05) is 65.8 Å². The van der Waals surface area contributed by atoms with Gasteiger partial charge in [0, 0.05) is 42.7 Å². The summed E-state index contributed by atoms with van der Waals surface area (Å²) >= 11 is 0. The van der Waals surface area contributed by atoms with Gasteiger partial charge in [-0.25, -0.2) is 19.6 Å². The normalized spacial score (nSPS) is 26.4. The molecule has 0 spiro atoms. The monoisotopic (exact) mass is 718 g/mol. The quantitative estimate of drug-likeness (QED) is 0.203. The Morgan fingerprint density at radius 3 is 1.36 bits per heavy atom. The third-order valence-corrected chi connectivity index (χ3v) is 11.9. The molecule has 0 unspecified atom stereocenters. The van der Waals surface area contributed by atoms with Crippen molar-refractivity contribution in [2.24, 2.45) is 22.7 Å². The number of rotatable bonds is 4. The summed E-state index contributed by atoms with van der Waals surface area (Å²) in [5.74, 6) is 1.34. The van der Waals surface area contributed by atoms with Gasteiger partial charge in [0.1, 0.15) is 11.4 Å². The van der Waals surface area contributed by atoms with Crippen LogP contribution in [-0.2, 0) is 19.5 Å². The smallest absolute Gasteiger partial charge is 0.354 e. The number of carboxylic acid groups (broad SMARTS) is 2. The molecule has 10 rings (SSSR count). The average molecular weight is 718 g/mol. The van der Waals surface area contributed by atoms with E-state index in [9.17, 15) is 9.59 Å². The van der Waals surface area contributed by atoms with Crippen molar-refractivity contribution in [2.75, 3.05) is 0 Å². The number of carboxylic acids is 2. The Morgan fingerprint density at radius 1 is 0.596 bits per heavy atom. The van der Waals surface area contributed by atoms with Crippen LogP contribution in [-0.4, -0.2) is 42.1 Å². The van der Waals surface area contributed by atoms with E-state index in [0.29, 0.717) is 34.5 Å². The number of hydrogen-bond donors (Lipinski definition) is 2. The molecule has 8 nitrogen and oxygen atoms in total. The number of carbonyl (C=O) groups is 2. The maximum absolute atomic E-state index is 10.3. The van der Waals surface area contributed by atoms with E-state index in [4.69, 9.17) is 25.2 Å². The number of nitrogens with zero attached hydrogens (tertiary/aromatic N) is 4. The van der Waals surface area contributed by atoms with E-state index in [0.717, 1.165) is 34.6 Å². The van der Waals surface area contributed by atoms with E-state index >= 15 is 0 Å². The number of hydrogen-bond acceptors (Lipinski definition) is 6. The molecule has 0 aromatic carbocycles. The summed E-state index contributed by atoms with van der Waals surface area (Å²) in [5, 5.41) is 16.9. The second kappa shape index (κ2) is 11.7. The Balaban J connectivity index is 0.000000254. The third kappa shape index (κ3) is 5.22. The van der Waals surface area contributed by atoms with Gasteiger partial charge in [-0.2, -0.15) is 0 Å². The van der Waals surface area contributed by atoms with Crippen LogP contribution in [0.4, 0.5) is 0 Å². The molecular formula is C38H40N4O4Ru. The average Bonchev–Trinajstić information content (AvgIpc) is 3.04. The van der Waals surface area contributed by atoms with Crippen molar-refractivity contribution in [2.45, 2.75) is 78.1 Å². The standard InChI is InChI=1S/C31H35N3.C7H5NO4.Ru/c1-16-20-14-22(30(20,3)4)18-10-12-26(33-28(16)18)24-8-7-9-25(32-24)27-13-11-19-23-15-21(31(23,5)6)17(2)29(19)34-27;9-6(10)4-2-1-3-5(8-4)7(11)12;/h7-13,16-17,20-23H,14-15H2,1-6H3;1-3H,(H,9,10)(H,11,12);/t16-,17-,20-,21-,22+,23+;;/m1../s1. The van der Waals surface area contributed by atoms with Gasteiger partial charge in [0.15, 0.2) is 0 Å². The molecule has 4 aromatic heterocycles. The topological polar surface area (TPSA) is 126 Å². The molecule has 9 heteroatoms. The van der Waals surface area contributed by atoms with Crippen LogP contribution in [0.25, 0.3) is 22.8 Å². The first-order valence-corrected chi connectivity index (χ1v) is 16.2. The van der Waals surface area contributed by atoms with Crippen LogP contribution >= 0.6 is 0 Å². The summed E-state index contributed by atoms with van der Waals surface area (Å²) in [7, 11) is 0. The van der Waals surface area contributed by atoms with Gasteiger partial charge in [0.05, 0.1) is 22.8 Å². The van der Waals surface area contributed by atoms with Crippen molar-refractivity contribution >= 4 is 11.9 Å². The van der Waals surface area contributed by atoms with Crippen LogP contribution in [0.3, 0.4) is 0 Å². The largest absolute Gasteiger partial charge is 0.477 e. The minimum atomic E-state index is -1.24. The summed E-state index contributed by atoms with van der Waals surface area (Å²) in [5.41, 5.74) is 9.66. The van der Waals surface area contributed by atoms with E-state index in [1.165, 1.54) is 53.6 Å². The van der Waals surface area contributed by atoms with Crippen LogP contribution in [0.15, 0.2) is 60.7 Å². The van der Waals surface area contributed by atoms with Crippen molar-refractivity contribution in [3.63, 3.8) is 0 Å². The van der Waals surface area contributed by atoms with Crippen LogP contribution in [0.1, 0.15) is 122 Å². The zero-order valence-corrected chi connectivity index (χ0v) is 29.2. The first-order valence-electron chi connectivity index (χ1n) is 16.2. The Bertz CT molecular complexity index is 1780. The molecule has 0 amide bonds. The first-order chi connectivity index (χ1) is 21.8. The van der Waals surface area contributed by atoms with E-state index in [1.54, 1.807) is 0 Å². The van der Waals surface area contributed by atoms with Crippen molar-refractivity contribution in [3.8, 4) is 22.8 Å². The van der Waals surface area contributed by atoms with Crippen molar-refractivity contribution in [3.05, 3.63) is 94.6 Å². The molecule has 6 aliphatic carbocycles. The summed E-state index contributed by atoms with van der Waals surface area (Å²) in [6, 6.07) is 19.1. The fourth-order valence-electron chi connectivity index (χ4n) is 9.02. The predicted molar refractivity (Wildman–Crippen MR) is 175 cm³/mol. The Hall–Kier alpha value is -3.84. The minimum absolute atomic E-state index is 0. The molecule has 6 aliphatic rings. The summed E-state index contributed by atoms with van der Waals surface area (Å²) in [4.78, 5) is 39.4. The molecule has 0 saturated heterocycles. The Morgan fingerprint density at radius 2 is 0.979 bits per heavy atom. The van der Waals surface area contributed by atoms with E-state index < -0.39 is 11.9 Å².